The van der Waals surface area contributed by atoms with E-state index in [4.69, 9.17) is 0 Å². The Labute approximate surface area is 57.9 Å². The molecule has 1 aliphatic heterocycles. The van der Waals surface area contributed by atoms with E-state index in [0.717, 1.165) is 5.69 Å². The maximum atomic E-state index is 10.7. The SMILES string of the molecule is Cn1cnc2c1CC(=O)N2. The average Bonchev–Trinajstić information content (AvgIpc) is 2.35. The molecule has 0 spiro atoms. The Kier molecular flexibility index (Phi) is 0.869. The van der Waals surface area contributed by atoms with Crippen molar-refractivity contribution in [1.29, 1.82) is 0 Å². The van der Waals surface area contributed by atoms with Gasteiger partial charge in [-0.15, -0.1) is 0 Å². The van der Waals surface area contributed by atoms with Crippen LogP contribution in [0.3, 0.4) is 0 Å². The van der Waals surface area contributed by atoms with Gasteiger partial charge in [0.05, 0.1) is 18.4 Å². The minimum Gasteiger partial charge on any atom is -0.335 e. The number of imidazole rings is 1. The highest BCUT2D eigenvalue weighted by atomic mass is 16.1. The van der Waals surface area contributed by atoms with E-state index in [1.807, 2.05) is 11.6 Å². The summed E-state index contributed by atoms with van der Waals surface area (Å²) in [5, 5.41) is 2.65. The van der Waals surface area contributed by atoms with Crippen LogP contribution in [-0.4, -0.2) is 15.5 Å². The van der Waals surface area contributed by atoms with Crippen LogP contribution in [0.4, 0.5) is 5.82 Å². The number of rotatable bonds is 0. The summed E-state index contributed by atoms with van der Waals surface area (Å²) in [4.78, 5) is 14.7. The average molecular weight is 137 g/mol. The van der Waals surface area contributed by atoms with E-state index in [2.05, 4.69) is 10.3 Å². The summed E-state index contributed by atoms with van der Waals surface area (Å²) in [6.45, 7) is 0. The van der Waals surface area contributed by atoms with Gasteiger partial charge in [-0.2, -0.15) is 0 Å². The van der Waals surface area contributed by atoms with Gasteiger partial charge in [0.2, 0.25) is 5.91 Å². The number of nitrogens with one attached hydrogen (secondary N) is 1. The second kappa shape index (κ2) is 1.59. The lowest BCUT2D eigenvalue weighted by molar-refractivity contribution is -0.115. The van der Waals surface area contributed by atoms with Crippen LogP contribution in [0, 0.1) is 0 Å². The summed E-state index contributed by atoms with van der Waals surface area (Å²) in [7, 11) is 1.88. The fraction of sp³-hybridized carbons (Fsp3) is 0.333. The predicted octanol–water partition coefficient (Wildman–Crippen LogP) is -0.0853. The van der Waals surface area contributed by atoms with Gasteiger partial charge in [-0.05, 0) is 0 Å². The number of amides is 1. The zero-order valence-electron chi connectivity index (χ0n) is 5.59. The molecule has 10 heavy (non-hydrogen) atoms. The largest absolute Gasteiger partial charge is 0.335 e. The van der Waals surface area contributed by atoms with Crippen molar-refractivity contribution in [2.75, 3.05) is 5.32 Å². The lowest BCUT2D eigenvalue weighted by Gasteiger charge is -1.90. The Morgan fingerprint density at radius 2 is 2.60 bits per heavy atom. The number of hydrogen-bond donors (Lipinski definition) is 1. The minimum atomic E-state index is 0.0358. The molecule has 0 unspecified atom stereocenters. The smallest absolute Gasteiger partial charge is 0.231 e. The summed E-state index contributed by atoms with van der Waals surface area (Å²) in [6, 6.07) is 0. The van der Waals surface area contributed by atoms with Crippen LogP contribution >= 0.6 is 0 Å². The number of fused-ring (bicyclic) bond motifs is 1. The first-order chi connectivity index (χ1) is 4.77. The number of aromatic nitrogens is 2. The first-order valence-electron chi connectivity index (χ1n) is 3.07. The molecular weight excluding hydrogens is 130 g/mol. The third-order valence-corrected chi connectivity index (χ3v) is 1.64. The van der Waals surface area contributed by atoms with Crippen LogP contribution in [0.5, 0.6) is 0 Å². The van der Waals surface area contributed by atoms with Gasteiger partial charge >= 0.3 is 0 Å². The zero-order chi connectivity index (χ0) is 7.14. The maximum absolute atomic E-state index is 10.7. The number of aryl methyl sites for hydroxylation is 1. The van der Waals surface area contributed by atoms with Crippen molar-refractivity contribution in [2.24, 2.45) is 7.05 Å². The van der Waals surface area contributed by atoms with Crippen molar-refractivity contribution < 1.29 is 4.79 Å². The van der Waals surface area contributed by atoms with Crippen LogP contribution in [0.15, 0.2) is 6.33 Å². The van der Waals surface area contributed by atoms with E-state index in [9.17, 15) is 4.79 Å². The van der Waals surface area contributed by atoms with Crippen LogP contribution in [0.25, 0.3) is 0 Å². The van der Waals surface area contributed by atoms with Gasteiger partial charge in [-0.3, -0.25) is 4.79 Å². The van der Waals surface area contributed by atoms with Crippen LogP contribution in [0.1, 0.15) is 5.69 Å². The van der Waals surface area contributed by atoms with Crippen molar-refractivity contribution in [3.05, 3.63) is 12.0 Å². The van der Waals surface area contributed by atoms with E-state index in [0.29, 0.717) is 12.2 Å². The van der Waals surface area contributed by atoms with Crippen molar-refractivity contribution in [3.63, 3.8) is 0 Å². The standard InChI is InChI=1S/C6H7N3O/c1-9-3-7-6-4(9)2-5(10)8-6/h3H,2H2,1H3,(H,8,10). The molecule has 1 aromatic heterocycles. The lowest BCUT2D eigenvalue weighted by Crippen LogP contribution is -2.06. The first kappa shape index (κ1) is 5.46. The molecule has 1 N–H and O–H groups in total. The predicted molar refractivity (Wildman–Crippen MR) is 35.5 cm³/mol. The molecule has 52 valence electrons. The number of nitrogens with zero attached hydrogens (tertiary/aromatic N) is 2. The lowest BCUT2D eigenvalue weighted by atomic mass is 10.4. The second-order valence-electron chi connectivity index (χ2n) is 2.38. The summed E-state index contributed by atoms with van der Waals surface area (Å²) in [5.74, 6) is 0.751. The first-order valence-corrected chi connectivity index (χ1v) is 3.07. The van der Waals surface area contributed by atoms with E-state index in [-0.39, 0.29) is 5.91 Å². The van der Waals surface area contributed by atoms with Gasteiger partial charge in [-0.25, -0.2) is 4.98 Å². The summed E-state index contributed by atoms with van der Waals surface area (Å²) < 4.78 is 1.85. The Bertz CT molecular complexity index is 289. The molecule has 0 radical (unpaired) electrons. The molecule has 0 fully saturated rings. The zero-order valence-corrected chi connectivity index (χ0v) is 5.59. The van der Waals surface area contributed by atoms with Gasteiger partial charge in [0, 0.05) is 7.05 Å². The molecule has 0 saturated heterocycles. The number of carbonyl (C=O) groups is 1. The molecule has 4 heteroatoms. The minimum absolute atomic E-state index is 0.0358. The van der Waals surface area contributed by atoms with Gasteiger partial charge in [-0.1, -0.05) is 0 Å². The molecule has 0 saturated carbocycles. The highest BCUT2D eigenvalue weighted by Crippen LogP contribution is 2.18. The van der Waals surface area contributed by atoms with Crippen molar-refractivity contribution in [3.8, 4) is 0 Å². The Balaban J connectivity index is 2.53. The van der Waals surface area contributed by atoms with Crippen LogP contribution in [-0.2, 0) is 18.3 Å². The molecule has 0 bridgehead atoms. The van der Waals surface area contributed by atoms with E-state index >= 15 is 0 Å². The molecule has 0 atom stereocenters. The van der Waals surface area contributed by atoms with Gasteiger partial charge < -0.3 is 9.88 Å². The second-order valence-corrected chi connectivity index (χ2v) is 2.38. The Morgan fingerprint density at radius 1 is 1.80 bits per heavy atom. The van der Waals surface area contributed by atoms with E-state index in [1.165, 1.54) is 0 Å². The molecular formula is C6H7N3O. The topological polar surface area (TPSA) is 46.9 Å². The monoisotopic (exact) mass is 137 g/mol. The van der Waals surface area contributed by atoms with E-state index < -0.39 is 0 Å². The van der Waals surface area contributed by atoms with Crippen molar-refractivity contribution >= 4 is 11.7 Å². The third-order valence-electron chi connectivity index (χ3n) is 1.64. The summed E-state index contributed by atoms with van der Waals surface area (Å²) >= 11 is 0. The van der Waals surface area contributed by atoms with Crippen molar-refractivity contribution in [1.82, 2.24) is 9.55 Å². The van der Waals surface area contributed by atoms with Gasteiger partial charge in [0.25, 0.3) is 0 Å². The molecule has 1 aliphatic rings. The van der Waals surface area contributed by atoms with Crippen LogP contribution in [0.2, 0.25) is 0 Å². The molecule has 0 aliphatic carbocycles. The highest BCUT2D eigenvalue weighted by molar-refractivity contribution is 5.97. The molecule has 2 heterocycles. The third kappa shape index (κ3) is 0.556. The van der Waals surface area contributed by atoms with Crippen LogP contribution < -0.4 is 5.32 Å². The number of anilines is 1. The maximum Gasteiger partial charge on any atom is 0.231 e. The van der Waals surface area contributed by atoms with Crippen molar-refractivity contribution in [2.45, 2.75) is 6.42 Å². The quantitative estimate of drug-likeness (QED) is 0.543. The summed E-state index contributed by atoms with van der Waals surface area (Å²) in [6.07, 6.45) is 2.16. The molecule has 4 nitrogen and oxygen atoms in total. The number of hydrogen-bond acceptors (Lipinski definition) is 2. The normalized spacial score (nSPS) is 15.1. The molecule has 0 aromatic carbocycles. The molecule has 1 amide bonds. The Hall–Kier alpha value is -1.32. The summed E-state index contributed by atoms with van der Waals surface area (Å²) in [5.41, 5.74) is 0.977. The Morgan fingerprint density at radius 3 is 3.30 bits per heavy atom. The fourth-order valence-electron chi connectivity index (χ4n) is 1.10. The molecule has 1 aromatic rings. The fourth-order valence-corrected chi connectivity index (χ4v) is 1.10. The van der Waals surface area contributed by atoms with Gasteiger partial charge in [0.15, 0.2) is 5.82 Å². The van der Waals surface area contributed by atoms with Gasteiger partial charge in [0.1, 0.15) is 0 Å². The number of carbonyl (C=O) groups excluding carboxylic acids is 1. The highest BCUT2D eigenvalue weighted by Gasteiger charge is 2.21. The molecule has 2 rings (SSSR count). The van der Waals surface area contributed by atoms with E-state index in [1.54, 1.807) is 6.33 Å².